The predicted octanol–water partition coefficient (Wildman–Crippen LogP) is 2.98. The van der Waals surface area contributed by atoms with Crippen molar-refractivity contribution < 1.29 is 9.13 Å². The fourth-order valence-corrected chi connectivity index (χ4v) is 3.19. The van der Waals surface area contributed by atoms with Gasteiger partial charge >= 0.3 is 0 Å². The zero-order valence-electron chi connectivity index (χ0n) is 11.8. The van der Waals surface area contributed by atoms with Crippen LogP contribution in [0.3, 0.4) is 0 Å². The summed E-state index contributed by atoms with van der Waals surface area (Å²) in [4.78, 5) is 2.19. The van der Waals surface area contributed by atoms with Crippen molar-refractivity contribution in [3.05, 3.63) is 34.6 Å². The predicted molar refractivity (Wildman–Crippen MR) is 79.4 cm³/mol. The summed E-state index contributed by atoms with van der Waals surface area (Å²) < 4.78 is 19.8. The van der Waals surface area contributed by atoms with E-state index in [1.165, 1.54) is 6.07 Å². The molecule has 1 heterocycles. The summed E-state index contributed by atoms with van der Waals surface area (Å²) in [5, 5.41) is 0.444. The van der Waals surface area contributed by atoms with Crippen molar-refractivity contribution >= 4 is 11.6 Å². The van der Waals surface area contributed by atoms with Gasteiger partial charge in [-0.2, -0.15) is 0 Å². The molecule has 1 aromatic rings. The van der Waals surface area contributed by atoms with Gasteiger partial charge in [-0.15, -0.1) is 0 Å². The van der Waals surface area contributed by atoms with Crippen molar-refractivity contribution in [3.63, 3.8) is 0 Å². The maximum Gasteiger partial charge on any atom is 0.129 e. The van der Waals surface area contributed by atoms with E-state index in [-0.39, 0.29) is 18.0 Å². The van der Waals surface area contributed by atoms with Crippen molar-refractivity contribution in [1.82, 2.24) is 4.90 Å². The molecule has 1 aliphatic rings. The molecular formula is C15H22ClFN2O. The average molecular weight is 301 g/mol. The van der Waals surface area contributed by atoms with Gasteiger partial charge in [0.1, 0.15) is 5.82 Å². The first-order valence-electron chi connectivity index (χ1n) is 7.17. The summed E-state index contributed by atoms with van der Waals surface area (Å²) in [5.74, 6) is -0.286. The Hall–Kier alpha value is -0.680. The minimum Gasteiger partial charge on any atom is -0.377 e. The van der Waals surface area contributed by atoms with Crippen LogP contribution in [0.2, 0.25) is 5.02 Å². The van der Waals surface area contributed by atoms with Crippen LogP contribution in [0.25, 0.3) is 0 Å². The molecule has 2 unspecified atom stereocenters. The lowest BCUT2D eigenvalue weighted by Gasteiger charge is -2.38. The zero-order valence-corrected chi connectivity index (χ0v) is 12.6. The molecule has 0 amide bonds. The number of likely N-dealkylation sites (tertiary alicyclic amines) is 1. The lowest BCUT2D eigenvalue weighted by atomic mass is 10.00. The fraction of sp³-hybridized carbons (Fsp3) is 0.600. The SMILES string of the molecule is CCOC1CCCN(C(CN)c2c(F)cccc2Cl)C1. The summed E-state index contributed by atoms with van der Waals surface area (Å²) in [6.45, 7) is 4.72. The van der Waals surface area contributed by atoms with E-state index < -0.39 is 0 Å². The maximum absolute atomic E-state index is 14.1. The second kappa shape index (κ2) is 7.36. The quantitative estimate of drug-likeness (QED) is 0.908. The van der Waals surface area contributed by atoms with Gasteiger partial charge in [-0.3, -0.25) is 4.90 Å². The molecule has 3 nitrogen and oxygen atoms in total. The first-order valence-corrected chi connectivity index (χ1v) is 7.54. The van der Waals surface area contributed by atoms with Crippen LogP contribution in [0.1, 0.15) is 31.4 Å². The number of piperidine rings is 1. The van der Waals surface area contributed by atoms with Crippen LogP contribution >= 0.6 is 11.6 Å². The Morgan fingerprint density at radius 2 is 2.35 bits per heavy atom. The van der Waals surface area contributed by atoms with Crippen LogP contribution < -0.4 is 5.73 Å². The van der Waals surface area contributed by atoms with Crippen LogP contribution in [0.5, 0.6) is 0 Å². The third-order valence-corrected chi connectivity index (χ3v) is 4.14. The van der Waals surface area contributed by atoms with E-state index in [9.17, 15) is 4.39 Å². The van der Waals surface area contributed by atoms with E-state index in [1.807, 2.05) is 6.92 Å². The van der Waals surface area contributed by atoms with Gasteiger partial charge < -0.3 is 10.5 Å². The van der Waals surface area contributed by atoms with Gasteiger partial charge in [0.15, 0.2) is 0 Å². The monoisotopic (exact) mass is 300 g/mol. The van der Waals surface area contributed by atoms with Gasteiger partial charge in [0, 0.05) is 30.3 Å². The first-order chi connectivity index (χ1) is 9.67. The second-order valence-electron chi connectivity index (χ2n) is 5.10. The number of hydrogen-bond acceptors (Lipinski definition) is 3. The molecule has 1 saturated heterocycles. The highest BCUT2D eigenvalue weighted by atomic mass is 35.5. The van der Waals surface area contributed by atoms with E-state index >= 15 is 0 Å². The number of rotatable bonds is 5. The summed E-state index contributed by atoms with van der Waals surface area (Å²) in [6.07, 6.45) is 2.29. The summed E-state index contributed by atoms with van der Waals surface area (Å²) in [7, 11) is 0. The lowest BCUT2D eigenvalue weighted by Crippen LogP contribution is -2.44. The van der Waals surface area contributed by atoms with Gasteiger partial charge in [0.05, 0.1) is 12.1 Å². The summed E-state index contributed by atoms with van der Waals surface area (Å²) in [6, 6.07) is 4.58. The molecule has 112 valence electrons. The van der Waals surface area contributed by atoms with E-state index in [0.29, 0.717) is 23.7 Å². The normalized spacial score (nSPS) is 21.9. The maximum atomic E-state index is 14.1. The zero-order chi connectivity index (χ0) is 14.5. The Balaban J connectivity index is 2.19. The summed E-state index contributed by atoms with van der Waals surface area (Å²) >= 11 is 6.17. The number of hydrogen-bond donors (Lipinski definition) is 1. The molecule has 2 atom stereocenters. The van der Waals surface area contributed by atoms with Crippen molar-refractivity contribution in [2.75, 3.05) is 26.2 Å². The molecule has 1 aromatic carbocycles. The molecule has 2 rings (SSSR count). The van der Waals surface area contributed by atoms with E-state index in [0.717, 1.165) is 25.9 Å². The number of ether oxygens (including phenoxy) is 1. The lowest BCUT2D eigenvalue weighted by molar-refractivity contribution is -0.00701. The number of benzene rings is 1. The molecular weight excluding hydrogens is 279 g/mol. The number of halogens is 2. The van der Waals surface area contributed by atoms with Crippen molar-refractivity contribution in [2.45, 2.75) is 31.9 Å². The fourth-order valence-electron chi connectivity index (χ4n) is 2.90. The average Bonchev–Trinajstić information content (AvgIpc) is 2.44. The molecule has 1 fully saturated rings. The van der Waals surface area contributed by atoms with Gasteiger partial charge in [-0.05, 0) is 38.4 Å². The van der Waals surface area contributed by atoms with Crippen LogP contribution in [0, 0.1) is 5.82 Å². The first kappa shape index (κ1) is 15.7. The summed E-state index contributed by atoms with van der Waals surface area (Å²) in [5.41, 5.74) is 6.39. The Labute approximate surface area is 124 Å². The Kier molecular flexibility index (Phi) is 5.78. The van der Waals surface area contributed by atoms with Crippen LogP contribution in [-0.4, -0.2) is 37.2 Å². The molecule has 0 spiro atoms. The molecule has 2 N–H and O–H groups in total. The van der Waals surface area contributed by atoms with Crippen LogP contribution in [-0.2, 0) is 4.74 Å². The molecule has 1 aliphatic heterocycles. The van der Waals surface area contributed by atoms with Gasteiger partial charge in [-0.25, -0.2) is 4.39 Å². The molecule has 0 radical (unpaired) electrons. The highest BCUT2D eigenvalue weighted by Gasteiger charge is 2.29. The van der Waals surface area contributed by atoms with Crippen molar-refractivity contribution in [2.24, 2.45) is 5.73 Å². The Morgan fingerprint density at radius 3 is 3.00 bits per heavy atom. The van der Waals surface area contributed by atoms with E-state index in [4.69, 9.17) is 22.1 Å². The van der Waals surface area contributed by atoms with Gasteiger partial charge in [0.25, 0.3) is 0 Å². The minimum atomic E-state index is -0.286. The Morgan fingerprint density at radius 1 is 1.55 bits per heavy atom. The van der Waals surface area contributed by atoms with E-state index in [1.54, 1.807) is 12.1 Å². The largest absolute Gasteiger partial charge is 0.377 e. The van der Waals surface area contributed by atoms with Crippen LogP contribution in [0.4, 0.5) is 4.39 Å². The number of nitrogens with zero attached hydrogens (tertiary/aromatic N) is 1. The highest BCUT2D eigenvalue weighted by molar-refractivity contribution is 6.31. The van der Waals surface area contributed by atoms with E-state index in [2.05, 4.69) is 4.90 Å². The minimum absolute atomic E-state index is 0.188. The highest BCUT2D eigenvalue weighted by Crippen LogP contribution is 2.31. The second-order valence-corrected chi connectivity index (χ2v) is 5.51. The molecule has 0 saturated carbocycles. The van der Waals surface area contributed by atoms with Crippen LogP contribution in [0.15, 0.2) is 18.2 Å². The third kappa shape index (κ3) is 3.50. The van der Waals surface area contributed by atoms with Gasteiger partial charge in [0.2, 0.25) is 0 Å². The van der Waals surface area contributed by atoms with Gasteiger partial charge in [-0.1, -0.05) is 17.7 Å². The molecule has 5 heteroatoms. The molecule has 0 aliphatic carbocycles. The van der Waals surface area contributed by atoms with Crippen molar-refractivity contribution in [3.8, 4) is 0 Å². The number of nitrogens with two attached hydrogens (primary N) is 1. The van der Waals surface area contributed by atoms with Crippen molar-refractivity contribution in [1.29, 1.82) is 0 Å². The topological polar surface area (TPSA) is 38.5 Å². The molecule has 20 heavy (non-hydrogen) atoms. The third-order valence-electron chi connectivity index (χ3n) is 3.81. The Bertz CT molecular complexity index is 422. The smallest absolute Gasteiger partial charge is 0.129 e. The molecule has 0 bridgehead atoms. The standard InChI is InChI=1S/C15H22ClFN2O/c1-2-20-11-5-4-8-19(10-11)14(9-18)15-12(16)6-3-7-13(15)17/h3,6-7,11,14H,2,4-5,8-10,18H2,1H3. The molecule has 0 aromatic heterocycles.